The highest BCUT2D eigenvalue weighted by atomic mass is 15.4. The van der Waals surface area contributed by atoms with Crippen molar-refractivity contribution in [3.63, 3.8) is 0 Å². The Balaban J connectivity index is 2.15. The maximum Gasteiger partial charge on any atom is 0.136 e. The Morgan fingerprint density at radius 1 is 1.27 bits per heavy atom. The molecular formula is C11H14N4. The average Bonchev–Trinajstić information content (AvgIpc) is 2.85. The first-order valence-electron chi connectivity index (χ1n) is 5.45. The van der Waals surface area contributed by atoms with Crippen molar-refractivity contribution >= 4 is 16.7 Å². The minimum absolute atomic E-state index is 0.525. The molecule has 0 unspecified atom stereocenters. The van der Waals surface area contributed by atoms with Crippen molar-refractivity contribution in [2.75, 3.05) is 5.73 Å². The van der Waals surface area contributed by atoms with Gasteiger partial charge in [0.1, 0.15) is 5.52 Å². The Labute approximate surface area is 88.1 Å². The predicted octanol–water partition coefficient (Wildman–Crippen LogP) is 2.13. The van der Waals surface area contributed by atoms with Gasteiger partial charge >= 0.3 is 0 Å². The summed E-state index contributed by atoms with van der Waals surface area (Å²) < 4.78 is 2.04. The number of rotatable bonds is 1. The molecule has 2 N–H and O–H groups in total. The Morgan fingerprint density at radius 2 is 2.07 bits per heavy atom. The number of fused-ring (bicyclic) bond motifs is 1. The van der Waals surface area contributed by atoms with Crippen molar-refractivity contribution in [1.29, 1.82) is 0 Å². The maximum atomic E-state index is 5.85. The molecule has 1 heterocycles. The van der Waals surface area contributed by atoms with Crippen LogP contribution in [0.3, 0.4) is 0 Å². The quantitative estimate of drug-likeness (QED) is 0.721. The standard InChI is InChI=1S/C11H14N4/c12-9-6-3-7-10-11(9)13-14-15(10)8-4-1-2-5-8/h3,6-8H,1-2,4-5,12H2. The van der Waals surface area contributed by atoms with Crippen LogP contribution in [-0.2, 0) is 0 Å². The molecule has 1 fully saturated rings. The van der Waals surface area contributed by atoms with E-state index in [4.69, 9.17) is 5.73 Å². The van der Waals surface area contributed by atoms with E-state index in [0.29, 0.717) is 6.04 Å². The molecule has 15 heavy (non-hydrogen) atoms. The number of hydrogen-bond donors (Lipinski definition) is 1. The van der Waals surface area contributed by atoms with Gasteiger partial charge in [-0.15, -0.1) is 5.10 Å². The number of nitrogens with zero attached hydrogens (tertiary/aromatic N) is 3. The van der Waals surface area contributed by atoms with E-state index in [1.54, 1.807) is 0 Å². The summed E-state index contributed by atoms with van der Waals surface area (Å²) in [4.78, 5) is 0. The highest BCUT2D eigenvalue weighted by Gasteiger charge is 2.20. The maximum absolute atomic E-state index is 5.85. The third-order valence-electron chi connectivity index (χ3n) is 3.20. The van der Waals surface area contributed by atoms with Gasteiger partial charge in [0.05, 0.1) is 17.2 Å². The van der Waals surface area contributed by atoms with Crippen LogP contribution < -0.4 is 5.73 Å². The van der Waals surface area contributed by atoms with E-state index in [1.807, 2.05) is 22.9 Å². The molecule has 1 saturated carbocycles. The second-order valence-electron chi connectivity index (χ2n) is 4.19. The van der Waals surface area contributed by atoms with E-state index in [0.717, 1.165) is 16.7 Å². The fourth-order valence-corrected chi connectivity index (χ4v) is 2.40. The van der Waals surface area contributed by atoms with Crippen LogP contribution in [0.25, 0.3) is 11.0 Å². The smallest absolute Gasteiger partial charge is 0.136 e. The molecule has 78 valence electrons. The Hall–Kier alpha value is -1.58. The highest BCUT2D eigenvalue weighted by Crippen LogP contribution is 2.31. The minimum atomic E-state index is 0.525. The van der Waals surface area contributed by atoms with Crippen LogP contribution >= 0.6 is 0 Å². The number of aromatic nitrogens is 3. The van der Waals surface area contributed by atoms with Crippen LogP contribution in [0.4, 0.5) is 5.69 Å². The SMILES string of the molecule is Nc1cccc2c1nnn2C1CCCC1. The van der Waals surface area contributed by atoms with Gasteiger partial charge in [-0.25, -0.2) is 4.68 Å². The molecule has 1 aliphatic rings. The summed E-state index contributed by atoms with van der Waals surface area (Å²) in [6, 6.07) is 6.41. The molecule has 1 aliphatic carbocycles. The zero-order valence-electron chi connectivity index (χ0n) is 8.56. The molecular weight excluding hydrogens is 188 g/mol. The van der Waals surface area contributed by atoms with Gasteiger partial charge < -0.3 is 5.73 Å². The van der Waals surface area contributed by atoms with Crippen LogP contribution in [0.5, 0.6) is 0 Å². The van der Waals surface area contributed by atoms with Gasteiger partial charge in [-0.05, 0) is 25.0 Å². The summed E-state index contributed by atoms with van der Waals surface area (Å²) in [5.41, 5.74) is 8.48. The van der Waals surface area contributed by atoms with E-state index < -0.39 is 0 Å². The topological polar surface area (TPSA) is 56.7 Å². The van der Waals surface area contributed by atoms with E-state index in [9.17, 15) is 0 Å². The summed E-state index contributed by atoms with van der Waals surface area (Å²) in [7, 11) is 0. The lowest BCUT2D eigenvalue weighted by Gasteiger charge is -2.09. The van der Waals surface area contributed by atoms with Gasteiger partial charge in [-0.3, -0.25) is 0 Å². The molecule has 4 nitrogen and oxygen atoms in total. The molecule has 1 aromatic carbocycles. The second kappa shape index (κ2) is 3.22. The van der Waals surface area contributed by atoms with E-state index >= 15 is 0 Å². The molecule has 1 aromatic heterocycles. The third-order valence-corrected chi connectivity index (χ3v) is 3.20. The predicted molar refractivity (Wildman–Crippen MR) is 59.4 cm³/mol. The molecule has 3 rings (SSSR count). The lowest BCUT2D eigenvalue weighted by atomic mass is 10.2. The molecule has 0 bridgehead atoms. The van der Waals surface area contributed by atoms with Crippen molar-refractivity contribution in [2.45, 2.75) is 31.7 Å². The van der Waals surface area contributed by atoms with Crippen LogP contribution in [0.15, 0.2) is 18.2 Å². The van der Waals surface area contributed by atoms with Crippen molar-refractivity contribution in [2.24, 2.45) is 0 Å². The van der Waals surface area contributed by atoms with E-state index in [1.165, 1.54) is 25.7 Å². The van der Waals surface area contributed by atoms with Gasteiger partial charge in [0.2, 0.25) is 0 Å². The summed E-state index contributed by atoms with van der Waals surface area (Å²) in [5.74, 6) is 0. The number of nitrogen functional groups attached to an aromatic ring is 1. The Morgan fingerprint density at radius 3 is 2.87 bits per heavy atom. The first-order valence-corrected chi connectivity index (χ1v) is 5.45. The van der Waals surface area contributed by atoms with Crippen molar-refractivity contribution in [1.82, 2.24) is 15.0 Å². The van der Waals surface area contributed by atoms with Crippen LogP contribution in [0.1, 0.15) is 31.7 Å². The van der Waals surface area contributed by atoms with E-state index in [2.05, 4.69) is 10.3 Å². The summed E-state index contributed by atoms with van der Waals surface area (Å²) in [5, 5.41) is 8.38. The molecule has 0 atom stereocenters. The van der Waals surface area contributed by atoms with Crippen LogP contribution in [0.2, 0.25) is 0 Å². The monoisotopic (exact) mass is 202 g/mol. The molecule has 2 aromatic rings. The number of benzene rings is 1. The van der Waals surface area contributed by atoms with Gasteiger partial charge in [0, 0.05) is 0 Å². The molecule has 0 saturated heterocycles. The van der Waals surface area contributed by atoms with Crippen molar-refractivity contribution < 1.29 is 0 Å². The fraction of sp³-hybridized carbons (Fsp3) is 0.455. The zero-order valence-corrected chi connectivity index (χ0v) is 8.56. The second-order valence-corrected chi connectivity index (χ2v) is 4.19. The molecule has 4 heteroatoms. The number of anilines is 1. The minimum Gasteiger partial charge on any atom is -0.397 e. The van der Waals surface area contributed by atoms with Gasteiger partial charge in [0.15, 0.2) is 0 Å². The third kappa shape index (κ3) is 1.28. The normalized spacial score (nSPS) is 17.6. The van der Waals surface area contributed by atoms with Crippen LogP contribution in [0, 0.1) is 0 Å². The molecule has 0 amide bonds. The lowest BCUT2D eigenvalue weighted by Crippen LogP contribution is -2.06. The highest BCUT2D eigenvalue weighted by molar-refractivity contribution is 5.86. The van der Waals surface area contributed by atoms with Gasteiger partial charge in [0.25, 0.3) is 0 Å². The van der Waals surface area contributed by atoms with Crippen molar-refractivity contribution in [3.05, 3.63) is 18.2 Å². The molecule has 0 spiro atoms. The van der Waals surface area contributed by atoms with Crippen LogP contribution in [-0.4, -0.2) is 15.0 Å². The van der Waals surface area contributed by atoms with Gasteiger partial charge in [-0.2, -0.15) is 0 Å². The lowest BCUT2D eigenvalue weighted by molar-refractivity contribution is 0.467. The van der Waals surface area contributed by atoms with Gasteiger partial charge in [-0.1, -0.05) is 24.1 Å². The Kier molecular flexibility index (Phi) is 1.87. The van der Waals surface area contributed by atoms with E-state index in [-0.39, 0.29) is 0 Å². The summed E-state index contributed by atoms with van der Waals surface area (Å²) >= 11 is 0. The average molecular weight is 202 g/mol. The summed E-state index contributed by atoms with van der Waals surface area (Å²) in [6.07, 6.45) is 5.03. The first kappa shape index (κ1) is 8.71. The fourth-order valence-electron chi connectivity index (χ4n) is 2.40. The first-order chi connectivity index (χ1) is 7.36. The summed E-state index contributed by atoms with van der Waals surface area (Å²) in [6.45, 7) is 0. The zero-order chi connectivity index (χ0) is 10.3. The number of hydrogen-bond acceptors (Lipinski definition) is 3. The van der Waals surface area contributed by atoms with Crippen molar-refractivity contribution in [3.8, 4) is 0 Å². The molecule has 0 aliphatic heterocycles. The molecule has 0 radical (unpaired) electrons. The number of nitrogens with two attached hydrogens (primary N) is 1. The Bertz CT molecular complexity index is 482. The largest absolute Gasteiger partial charge is 0.397 e.